The Balaban J connectivity index is 1.76. The topological polar surface area (TPSA) is 72.7 Å². The zero-order valence-electron chi connectivity index (χ0n) is 14.5. The van der Waals surface area contributed by atoms with Crippen molar-refractivity contribution in [3.8, 4) is 0 Å². The fourth-order valence-corrected chi connectivity index (χ4v) is 3.67. The summed E-state index contributed by atoms with van der Waals surface area (Å²) in [4.78, 5) is 25.8. The lowest BCUT2D eigenvalue weighted by molar-refractivity contribution is -0.387. The van der Waals surface area contributed by atoms with Gasteiger partial charge < -0.3 is 9.64 Å². The van der Waals surface area contributed by atoms with E-state index in [9.17, 15) is 14.9 Å². The summed E-state index contributed by atoms with van der Waals surface area (Å²) < 4.78 is 5.24. The third-order valence-corrected chi connectivity index (χ3v) is 5.35. The fourth-order valence-electron chi connectivity index (χ4n) is 2.71. The lowest BCUT2D eigenvalue weighted by Crippen LogP contribution is -2.40. The normalized spacial score (nSPS) is 14.3. The Hall–Kier alpha value is -2.38. The lowest BCUT2D eigenvalue weighted by atomic mass is 10.1. The predicted molar refractivity (Wildman–Crippen MR) is 101 cm³/mol. The zero-order chi connectivity index (χ0) is 18.5. The van der Waals surface area contributed by atoms with Crippen LogP contribution in [-0.4, -0.2) is 42.0 Å². The van der Waals surface area contributed by atoms with Crippen LogP contribution in [0.25, 0.3) is 0 Å². The number of nitro benzene ring substituents is 1. The van der Waals surface area contributed by atoms with Gasteiger partial charge in [-0.25, -0.2) is 0 Å². The second-order valence-corrected chi connectivity index (χ2v) is 7.14. The maximum absolute atomic E-state index is 12.5. The molecule has 0 aromatic heterocycles. The highest BCUT2D eigenvalue weighted by Crippen LogP contribution is 2.32. The molecule has 0 radical (unpaired) electrons. The Bertz CT molecular complexity index is 802. The Kier molecular flexibility index (Phi) is 5.90. The van der Waals surface area contributed by atoms with Crippen molar-refractivity contribution >= 4 is 23.4 Å². The molecule has 1 aliphatic heterocycles. The van der Waals surface area contributed by atoms with E-state index < -0.39 is 4.92 Å². The summed E-state index contributed by atoms with van der Waals surface area (Å²) in [5.41, 5.74) is 2.60. The molecule has 0 aliphatic carbocycles. The molecule has 136 valence electrons. The van der Waals surface area contributed by atoms with Gasteiger partial charge in [-0.2, -0.15) is 0 Å². The highest BCUT2D eigenvalue weighted by molar-refractivity contribution is 7.98. The van der Waals surface area contributed by atoms with Crippen molar-refractivity contribution in [2.24, 2.45) is 0 Å². The number of hydrogen-bond acceptors (Lipinski definition) is 5. The van der Waals surface area contributed by atoms with Gasteiger partial charge in [0.05, 0.1) is 23.0 Å². The minimum absolute atomic E-state index is 0.0266. The van der Waals surface area contributed by atoms with E-state index in [2.05, 4.69) is 0 Å². The van der Waals surface area contributed by atoms with Crippen molar-refractivity contribution < 1.29 is 14.5 Å². The molecule has 0 unspecified atom stereocenters. The molecule has 1 heterocycles. The number of rotatable bonds is 5. The van der Waals surface area contributed by atoms with Crippen molar-refractivity contribution in [3.63, 3.8) is 0 Å². The molecule has 26 heavy (non-hydrogen) atoms. The Morgan fingerprint density at radius 3 is 2.54 bits per heavy atom. The third-order valence-electron chi connectivity index (χ3n) is 4.22. The monoisotopic (exact) mass is 372 g/mol. The van der Waals surface area contributed by atoms with E-state index in [0.29, 0.717) is 42.5 Å². The second kappa shape index (κ2) is 8.33. The van der Waals surface area contributed by atoms with Gasteiger partial charge in [0.15, 0.2) is 0 Å². The summed E-state index contributed by atoms with van der Waals surface area (Å²) in [5, 5.41) is 11.5. The molecule has 3 rings (SSSR count). The minimum atomic E-state index is -0.423. The van der Waals surface area contributed by atoms with Gasteiger partial charge >= 0.3 is 0 Å². The first-order chi connectivity index (χ1) is 12.5. The summed E-state index contributed by atoms with van der Waals surface area (Å²) in [6, 6.07) is 12.8. The Morgan fingerprint density at radius 1 is 1.19 bits per heavy atom. The summed E-state index contributed by atoms with van der Waals surface area (Å²) in [6.07, 6.45) is 0. The van der Waals surface area contributed by atoms with E-state index in [4.69, 9.17) is 4.74 Å². The second-order valence-electron chi connectivity index (χ2n) is 6.12. The van der Waals surface area contributed by atoms with E-state index >= 15 is 0 Å². The number of hydrogen-bond donors (Lipinski definition) is 0. The predicted octanol–water partition coefficient (Wildman–Crippen LogP) is 3.67. The van der Waals surface area contributed by atoms with Crippen molar-refractivity contribution in [1.82, 2.24) is 4.90 Å². The van der Waals surface area contributed by atoms with Crippen molar-refractivity contribution in [3.05, 3.63) is 69.3 Å². The number of amides is 1. The smallest absolute Gasteiger partial charge is 0.283 e. The number of thioether (sulfide) groups is 1. The standard InChI is InChI=1S/C19H20N2O4S/c1-14-2-4-15(5-3-14)13-26-18-7-6-16(12-17(18)21(23)24)19(22)20-8-10-25-11-9-20/h2-7,12H,8-11,13H2,1H3. The van der Waals surface area contributed by atoms with Crippen LogP contribution in [0.4, 0.5) is 5.69 Å². The van der Waals surface area contributed by atoms with E-state index in [1.54, 1.807) is 17.0 Å². The molecule has 0 saturated carbocycles. The number of benzene rings is 2. The van der Waals surface area contributed by atoms with E-state index in [-0.39, 0.29) is 11.6 Å². The number of carbonyl (C=O) groups excluding carboxylic acids is 1. The van der Waals surface area contributed by atoms with Gasteiger partial charge in [-0.1, -0.05) is 29.8 Å². The van der Waals surface area contributed by atoms with Crippen molar-refractivity contribution in [1.29, 1.82) is 0 Å². The summed E-state index contributed by atoms with van der Waals surface area (Å²) in [6.45, 7) is 4.04. The lowest BCUT2D eigenvalue weighted by Gasteiger charge is -2.26. The molecular formula is C19H20N2O4S. The van der Waals surface area contributed by atoms with Gasteiger partial charge in [0, 0.05) is 30.5 Å². The van der Waals surface area contributed by atoms with Gasteiger partial charge in [-0.15, -0.1) is 11.8 Å². The number of nitro groups is 1. The third kappa shape index (κ3) is 4.42. The summed E-state index contributed by atoms with van der Waals surface area (Å²) in [7, 11) is 0. The van der Waals surface area contributed by atoms with Crippen molar-refractivity contribution in [2.45, 2.75) is 17.6 Å². The van der Waals surface area contributed by atoms with E-state index in [0.717, 1.165) is 5.56 Å². The first-order valence-corrected chi connectivity index (χ1v) is 9.37. The quantitative estimate of drug-likeness (QED) is 0.455. The molecule has 7 heteroatoms. The summed E-state index contributed by atoms with van der Waals surface area (Å²) >= 11 is 1.40. The molecule has 1 aliphatic rings. The molecular weight excluding hydrogens is 352 g/mol. The van der Waals surface area contributed by atoms with Crippen LogP contribution in [0.2, 0.25) is 0 Å². The summed E-state index contributed by atoms with van der Waals surface area (Å²) in [5.74, 6) is 0.448. The van der Waals surface area contributed by atoms with Crippen LogP contribution < -0.4 is 0 Å². The molecule has 1 fully saturated rings. The molecule has 0 bridgehead atoms. The molecule has 0 atom stereocenters. The van der Waals surface area contributed by atoms with Gasteiger partial charge in [0.1, 0.15) is 0 Å². The van der Waals surface area contributed by atoms with Gasteiger partial charge in [-0.3, -0.25) is 14.9 Å². The molecule has 2 aromatic rings. The molecule has 0 N–H and O–H groups in total. The Morgan fingerprint density at radius 2 is 1.88 bits per heavy atom. The average Bonchev–Trinajstić information content (AvgIpc) is 2.67. The number of morpholine rings is 1. The largest absolute Gasteiger partial charge is 0.378 e. The highest BCUT2D eigenvalue weighted by atomic mass is 32.2. The van der Waals surface area contributed by atoms with Crippen LogP contribution in [0.1, 0.15) is 21.5 Å². The first kappa shape index (κ1) is 18.4. The zero-order valence-corrected chi connectivity index (χ0v) is 15.3. The average molecular weight is 372 g/mol. The number of ether oxygens (including phenoxy) is 1. The fraction of sp³-hybridized carbons (Fsp3) is 0.316. The molecule has 0 spiro atoms. The Labute approximate surface area is 156 Å². The van der Waals surface area contributed by atoms with Crippen LogP contribution in [0.15, 0.2) is 47.4 Å². The van der Waals surface area contributed by atoms with E-state index in [1.165, 1.54) is 23.4 Å². The van der Waals surface area contributed by atoms with Crippen LogP contribution >= 0.6 is 11.8 Å². The van der Waals surface area contributed by atoms with Gasteiger partial charge in [0.25, 0.3) is 11.6 Å². The van der Waals surface area contributed by atoms with Crippen LogP contribution in [0.3, 0.4) is 0 Å². The van der Waals surface area contributed by atoms with E-state index in [1.807, 2.05) is 31.2 Å². The van der Waals surface area contributed by atoms with Crippen molar-refractivity contribution in [2.75, 3.05) is 26.3 Å². The van der Waals surface area contributed by atoms with Crippen LogP contribution in [0.5, 0.6) is 0 Å². The molecule has 2 aromatic carbocycles. The van der Waals surface area contributed by atoms with Gasteiger partial charge in [-0.05, 0) is 24.6 Å². The minimum Gasteiger partial charge on any atom is -0.378 e. The maximum Gasteiger partial charge on any atom is 0.283 e. The van der Waals surface area contributed by atoms with Crippen LogP contribution in [-0.2, 0) is 10.5 Å². The van der Waals surface area contributed by atoms with Crippen LogP contribution in [0, 0.1) is 17.0 Å². The molecule has 6 nitrogen and oxygen atoms in total. The number of nitrogens with zero attached hydrogens (tertiary/aromatic N) is 2. The highest BCUT2D eigenvalue weighted by Gasteiger charge is 2.22. The maximum atomic E-state index is 12.5. The number of aryl methyl sites for hydroxylation is 1. The molecule has 1 amide bonds. The first-order valence-electron chi connectivity index (χ1n) is 8.38. The SMILES string of the molecule is Cc1ccc(CSc2ccc(C(=O)N3CCOCC3)cc2[N+](=O)[O-])cc1. The molecule has 1 saturated heterocycles. The number of carbonyl (C=O) groups is 1. The van der Waals surface area contributed by atoms with Gasteiger partial charge in [0.2, 0.25) is 0 Å².